The van der Waals surface area contributed by atoms with Crippen molar-refractivity contribution in [2.75, 3.05) is 0 Å². The molecule has 3 fully saturated rings. The van der Waals surface area contributed by atoms with Gasteiger partial charge in [0, 0.05) is 5.92 Å². The van der Waals surface area contributed by atoms with Gasteiger partial charge >= 0.3 is 0 Å². The van der Waals surface area contributed by atoms with Crippen molar-refractivity contribution in [2.24, 2.45) is 11.8 Å². The normalized spacial score (nSPS) is 43.1. The number of aliphatic hydroxyl groups excluding tert-OH is 1. The number of fused-ring (bicyclic) bond motifs is 2. The molecule has 2 nitrogen and oxygen atoms in total. The molecule has 2 saturated heterocycles. The van der Waals surface area contributed by atoms with Crippen LogP contribution in [0.5, 0.6) is 0 Å². The van der Waals surface area contributed by atoms with Gasteiger partial charge in [-0.15, -0.1) is 0 Å². The third kappa shape index (κ3) is 1.70. The Morgan fingerprint density at radius 1 is 1.21 bits per heavy atom. The van der Waals surface area contributed by atoms with Gasteiger partial charge in [0.05, 0.1) is 18.3 Å². The summed E-state index contributed by atoms with van der Waals surface area (Å²) in [6.45, 7) is 0. The molecule has 0 aromatic heterocycles. The quantitative estimate of drug-likeness (QED) is 0.746. The minimum atomic E-state index is -0.0779. The third-order valence-corrected chi connectivity index (χ3v) is 4.21. The molecule has 0 radical (unpaired) electrons. The van der Waals surface area contributed by atoms with Crippen molar-refractivity contribution < 1.29 is 9.84 Å². The SMILES string of the molecule is OC(CCC1CC1)C1CC2CCC1O2. The van der Waals surface area contributed by atoms with Crippen molar-refractivity contribution in [3.05, 3.63) is 0 Å². The van der Waals surface area contributed by atoms with E-state index in [0.29, 0.717) is 18.1 Å². The Kier molecular flexibility index (Phi) is 2.29. The van der Waals surface area contributed by atoms with Gasteiger partial charge in [-0.05, 0) is 38.0 Å². The van der Waals surface area contributed by atoms with Crippen molar-refractivity contribution in [3.8, 4) is 0 Å². The van der Waals surface area contributed by atoms with Crippen LogP contribution in [0.4, 0.5) is 0 Å². The van der Waals surface area contributed by atoms with Crippen LogP contribution in [0.15, 0.2) is 0 Å². The van der Waals surface area contributed by atoms with E-state index < -0.39 is 0 Å². The summed E-state index contributed by atoms with van der Waals surface area (Å²) in [5.74, 6) is 1.41. The summed E-state index contributed by atoms with van der Waals surface area (Å²) < 4.78 is 5.77. The first-order valence-electron chi connectivity index (χ1n) is 6.16. The molecule has 80 valence electrons. The lowest BCUT2D eigenvalue weighted by atomic mass is 9.83. The van der Waals surface area contributed by atoms with Crippen LogP contribution in [0, 0.1) is 11.8 Å². The van der Waals surface area contributed by atoms with Gasteiger partial charge in [-0.3, -0.25) is 0 Å². The molecule has 3 rings (SSSR count). The van der Waals surface area contributed by atoms with E-state index in [0.717, 1.165) is 18.8 Å². The van der Waals surface area contributed by atoms with E-state index in [9.17, 15) is 5.11 Å². The summed E-state index contributed by atoms with van der Waals surface area (Å²) in [4.78, 5) is 0. The van der Waals surface area contributed by atoms with E-state index in [1.807, 2.05) is 0 Å². The smallest absolute Gasteiger partial charge is 0.0633 e. The van der Waals surface area contributed by atoms with Gasteiger partial charge in [-0.1, -0.05) is 12.8 Å². The zero-order chi connectivity index (χ0) is 9.54. The van der Waals surface area contributed by atoms with Gasteiger partial charge in [0.25, 0.3) is 0 Å². The fraction of sp³-hybridized carbons (Fsp3) is 1.00. The molecule has 3 aliphatic rings. The molecule has 1 N–H and O–H groups in total. The van der Waals surface area contributed by atoms with Gasteiger partial charge in [-0.25, -0.2) is 0 Å². The van der Waals surface area contributed by atoms with E-state index in [1.54, 1.807) is 0 Å². The first kappa shape index (κ1) is 9.17. The third-order valence-electron chi connectivity index (χ3n) is 4.21. The molecule has 0 aromatic rings. The van der Waals surface area contributed by atoms with Gasteiger partial charge < -0.3 is 9.84 Å². The Morgan fingerprint density at radius 3 is 2.64 bits per heavy atom. The number of aliphatic hydroxyl groups is 1. The first-order valence-corrected chi connectivity index (χ1v) is 6.16. The van der Waals surface area contributed by atoms with Crippen LogP contribution < -0.4 is 0 Å². The molecule has 4 unspecified atom stereocenters. The molecular weight excluding hydrogens is 176 g/mol. The Balaban J connectivity index is 1.49. The second-order valence-electron chi connectivity index (χ2n) is 5.36. The number of hydrogen-bond donors (Lipinski definition) is 1. The molecule has 4 atom stereocenters. The number of ether oxygens (including phenoxy) is 1. The summed E-state index contributed by atoms with van der Waals surface area (Å²) in [5.41, 5.74) is 0. The van der Waals surface area contributed by atoms with Gasteiger partial charge in [0.15, 0.2) is 0 Å². The lowest BCUT2D eigenvalue weighted by molar-refractivity contribution is 0.0373. The minimum Gasteiger partial charge on any atom is -0.393 e. The van der Waals surface area contributed by atoms with Crippen molar-refractivity contribution >= 4 is 0 Å². The molecule has 0 aromatic carbocycles. The minimum absolute atomic E-state index is 0.0779. The zero-order valence-corrected chi connectivity index (χ0v) is 8.69. The van der Waals surface area contributed by atoms with E-state index in [-0.39, 0.29) is 6.10 Å². The highest BCUT2D eigenvalue weighted by atomic mass is 16.5. The van der Waals surface area contributed by atoms with E-state index in [1.165, 1.54) is 32.1 Å². The molecule has 2 heterocycles. The Hall–Kier alpha value is -0.0800. The topological polar surface area (TPSA) is 29.5 Å². The Labute approximate surface area is 85.6 Å². The lowest BCUT2D eigenvalue weighted by Gasteiger charge is -2.24. The predicted molar refractivity (Wildman–Crippen MR) is 54.0 cm³/mol. The average molecular weight is 196 g/mol. The average Bonchev–Trinajstić information content (AvgIpc) is 2.79. The van der Waals surface area contributed by atoms with Gasteiger partial charge in [0.1, 0.15) is 0 Å². The van der Waals surface area contributed by atoms with Crippen molar-refractivity contribution in [1.29, 1.82) is 0 Å². The molecule has 1 aliphatic carbocycles. The molecule has 2 heteroatoms. The molecule has 2 bridgehead atoms. The van der Waals surface area contributed by atoms with Crippen LogP contribution in [0.1, 0.15) is 44.9 Å². The Morgan fingerprint density at radius 2 is 2.07 bits per heavy atom. The van der Waals surface area contributed by atoms with Crippen molar-refractivity contribution in [1.82, 2.24) is 0 Å². The van der Waals surface area contributed by atoms with Gasteiger partial charge in [-0.2, -0.15) is 0 Å². The molecule has 1 saturated carbocycles. The van der Waals surface area contributed by atoms with Gasteiger partial charge in [0.2, 0.25) is 0 Å². The van der Waals surface area contributed by atoms with Crippen molar-refractivity contribution in [2.45, 2.75) is 63.3 Å². The van der Waals surface area contributed by atoms with E-state index in [2.05, 4.69) is 0 Å². The molecule has 2 aliphatic heterocycles. The standard InChI is InChI=1S/C12H20O2/c13-11(5-3-8-1-2-8)10-7-9-4-6-12(10)14-9/h8-13H,1-7H2. The maximum atomic E-state index is 10.1. The zero-order valence-electron chi connectivity index (χ0n) is 8.69. The number of rotatable bonds is 4. The van der Waals surface area contributed by atoms with Crippen molar-refractivity contribution in [3.63, 3.8) is 0 Å². The van der Waals surface area contributed by atoms with Crippen LogP contribution in [-0.2, 0) is 4.74 Å². The molecular formula is C12H20O2. The summed E-state index contributed by atoms with van der Waals surface area (Å²) in [5, 5.41) is 10.1. The molecule has 0 spiro atoms. The van der Waals surface area contributed by atoms with Crippen LogP contribution >= 0.6 is 0 Å². The highest BCUT2D eigenvalue weighted by Gasteiger charge is 2.43. The second-order valence-corrected chi connectivity index (χ2v) is 5.36. The second kappa shape index (κ2) is 3.49. The summed E-state index contributed by atoms with van der Waals surface area (Å²) in [6.07, 6.45) is 9.42. The highest BCUT2D eigenvalue weighted by Crippen LogP contribution is 2.42. The Bertz CT molecular complexity index is 212. The van der Waals surface area contributed by atoms with Crippen LogP contribution in [0.2, 0.25) is 0 Å². The first-order chi connectivity index (χ1) is 6.83. The predicted octanol–water partition coefficient (Wildman–Crippen LogP) is 2.10. The monoisotopic (exact) mass is 196 g/mol. The lowest BCUT2D eigenvalue weighted by Crippen LogP contribution is -2.29. The fourth-order valence-electron chi connectivity index (χ4n) is 3.11. The van der Waals surface area contributed by atoms with Crippen LogP contribution in [0.3, 0.4) is 0 Å². The van der Waals surface area contributed by atoms with Crippen LogP contribution in [0.25, 0.3) is 0 Å². The maximum Gasteiger partial charge on any atom is 0.0633 e. The van der Waals surface area contributed by atoms with E-state index >= 15 is 0 Å². The summed E-state index contributed by atoms with van der Waals surface area (Å²) in [7, 11) is 0. The highest BCUT2D eigenvalue weighted by molar-refractivity contribution is 4.93. The fourth-order valence-corrected chi connectivity index (χ4v) is 3.11. The van der Waals surface area contributed by atoms with E-state index in [4.69, 9.17) is 4.74 Å². The van der Waals surface area contributed by atoms with Crippen LogP contribution in [-0.4, -0.2) is 23.4 Å². The summed E-state index contributed by atoms with van der Waals surface area (Å²) >= 11 is 0. The molecule has 0 amide bonds. The maximum absolute atomic E-state index is 10.1. The molecule has 14 heavy (non-hydrogen) atoms. The largest absolute Gasteiger partial charge is 0.393 e. The summed E-state index contributed by atoms with van der Waals surface area (Å²) in [6, 6.07) is 0. The number of hydrogen-bond acceptors (Lipinski definition) is 2.